The molecule has 8 nitrogen and oxygen atoms in total. The zero-order chi connectivity index (χ0) is 39.7. The fourth-order valence-corrected chi connectivity index (χ4v) is 7.12. The van der Waals surface area contributed by atoms with Gasteiger partial charge in [-0.3, -0.25) is 10.1 Å². The van der Waals surface area contributed by atoms with Gasteiger partial charge in [-0.25, -0.2) is 4.79 Å². The molecule has 0 spiro atoms. The number of benzene rings is 1. The Morgan fingerprint density at radius 2 is 0.891 bits per heavy atom. The molecular formula is C47H85NO7. The van der Waals surface area contributed by atoms with E-state index in [1.807, 2.05) is 0 Å². The molecule has 0 radical (unpaired) electrons. The van der Waals surface area contributed by atoms with E-state index in [1.165, 1.54) is 217 Å². The number of nitro groups is 1. The highest BCUT2D eigenvalue weighted by Gasteiger charge is 2.14. The predicted octanol–water partition coefficient (Wildman–Crippen LogP) is 15.4. The van der Waals surface area contributed by atoms with E-state index >= 15 is 0 Å². The van der Waals surface area contributed by atoms with Crippen LogP contribution in [0.1, 0.15) is 226 Å². The van der Waals surface area contributed by atoms with Crippen LogP contribution in [0.3, 0.4) is 0 Å². The normalized spacial score (nSPS) is 11.9. The Balaban J connectivity index is 2.17. The Labute approximate surface area is 338 Å². The summed E-state index contributed by atoms with van der Waals surface area (Å²) in [5.41, 5.74) is -0.0651. The summed E-state index contributed by atoms with van der Waals surface area (Å²) < 4.78 is 22.7. The molecule has 1 atom stereocenters. The largest absolute Gasteiger partial charge is 0.513 e. The standard InChI is InChI=1S/C47H85NO7/c1-3-5-7-9-11-13-15-17-19-21-23-25-27-29-31-33-40-52-43-46(39-42-54-47(49)55-45-37-35-44(36-38-45)48(50)51)53-41-34-32-30-28-26-24-22-20-18-16-14-12-10-8-6-4-2/h35-38,46H,3-34,39-43H2,1-2H3/t46-/m0/s1. The third-order valence-electron chi connectivity index (χ3n) is 10.7. The van der Waals surface area contributed by atoms with Crippen LogP contribution in [0.5, 0.6) is 5.75 Å². The van der Waals surface area contributed by atoms with E-state index in [9.17, 15) is 14.9 Å². The predicted molar refractivity (Wildman–Crippen MR) is 229 cm³/mol. The number of hydrogen-bond donors (Lipinski definition) is 0. The number of nitro benzene ring substituents is 1. The van der Waals surface area contributed by atoms with Gasteiger partial charge in [-0.1, -0.05) is 206 Å². The molecule has 0 unspecified atom stereocenters. The van der Waals surface area contributed by atoms with Crippen molar-refractivity contribution in [3.8, 4) is 5.75 Å². The van der Waals surface area contributed by atoms with Gasteiger partial charge in [0.1, 0.15) is 5.75 Å². The molecule has 0 aliphatic heterocycles. The molecule has 0 saturated heterocycles. The second-order valence-electron chi connectivity index (χ2n) is 15.9. The van der Waals surface area contributed by atoms with Crippen molar-refractivity contribution in [1.29, 1.82) is 0 Å². The first kappa shape index (κ1) is 50.8. The summed E-state index contributed by atoms with van der Waals surface area (Å²) in [5, 5.41) is 10.9. The minimum atomic E-state index is -0.834. The van der Waals surface area contributed by atoms with E-state index in [4.69, 9.17) is 18.9 Å². The summed E-state index contributed by atoms with van der Waals surface area (Å²) in [6.45, 7) is 6.60. The number of rotatable bonds is 42. The molecule has 0 heterocycles. The van der Waals surface area contributed by atoms with E-state index < -0.39 is 11.1 Å². The second-order valence-corrected chi connectivity index (χ2v) is 15.9. The SMILES string of the molecule is CCCCCCCCCCCCCCCCCCOC[C@H](CCOC(=O)Oc1ccc([N+](=O)[O-])cc1)OCCCCCCCCCCCCCCCCCC. The zero-order valence-corrected chi connectivity index (χ0v) is 35.9. The number of hydrogen-bond acceptors (Lipinski definition) is 7. The molecule has 0 saturated carbocycles. The van der Waals surface area contributed by atoms with E-state index in [0.29, 0.717) is 19.6 Å². The summed E-state index contributed by atoms with van der Waals surface area (Å²) in [6.07, 6.45) is 42.6. The molecule has 320 valence electrons. The van der Waals surface area contributed by atoms with Gasteiger partial charge >= 0.3 is 6.16 Å². The Bertz CT molecular complexity index is 973. The highest BCUT2D eigenvalue weighted by atomic mass is 16.7. The van der Waals surface area contributed by atoms with Gasteiger partial charge < -0.3 is 18.9 Å². The van der Waals surface area contributed by atoms with Crippen molar-refractivity contribution in [3.05, 3.63) is 34.4 Å². The first-order chi connectivity index (χ1) is 27.1. The number of unbranched alkanes of at least 4 members (excludes halogenated alkanes) is 30. The molecule has 0 aliphatic rings. The summed E-state index contributed by atoms with van der Waals surface area (Å²) in [6, 6.07) is 5.36. The first-order valence-corrected chi connectivity index (χ1v) is 23.3. The number of non-ortho nitro benzene ring substituents is 1. The fourth-order valence-electron chi connectivity index (χ4n) is 7.12. The lowest BCUT2D eigenvalue weighted by Gasteiger charge is -2.18. The maximum Gasteiger partial charge on any atom is 0.513 e. The van der Waals surface area contributed by atoms with Crippen molar-refractivity contribution in [2.75, 3.05) is 26.4 Å². The Hall–Kier alpha value is -2.19. The van der Waals surface area contributed by atoms with E-state index in [-0.39, 0.29) is 24.1 Å². The molecule has 1 rings (SSSR count). The highest BCUT2D eigenvalue weighted by molar-refractivity contribution is 5.63. The Kier molecular flexibility index (Phi) is 37.0. The van der Waals surface area contributed by atoms with Crippen molar-refractivity contribution < 1.29 is 28.7 Å². The van der Waals surface area contributed by atoms with Crippen LogP contribution < -0.4 is 4.74 Å². The summed E-state index contributed by atoms with van der Waals surface area (Å²) in [5.74, 6) is 0.203. The van der Waals surface area contributed by atoms with Crippen molar-refractivity contribution in [2.45, 2.75) is 232 Å². The van der Waals surface area contributed by atoms with Crippen LogP contribution in [0.2, 0.25) is 0 Å². The third kappa shape index (κ3) is 34.8. The summed E-state index contributed by atoms with van der Waals surface area (Å²) in [4.78, 5) is 22.6. The second kappa shape index (κ2) is 40.0. The first-order valence-electron chi connectivity index (χ1n) is 23.3. The fraction of sp³-hybridized carbons (Fsp3) is 0.851. The van der Waals surface area contributed by atoms with Crippen LogP contribution in [0, 0.1) is 10.1 Å². The van der Waals surface area contributed by atoms with Crippen molar-refractivity contribution in [3.63, 3.8) is 0 Å². The van der Waals surface area contributed by atoms with Gasteiger partial charge in [0.05, 0.1) is 24.2 Å². The molecule has 0 fully saturated rings. The highest BCUT2D eigenvalue weighted by Crippen LogP contribution is 2.19. The maximum absolute atomic E-state index is 12.2. The van der Waals surface area contributed by atoms with Crippen LogP contribution >= 0.6 is 0 Å². The smallest absolute Gasteiger partial charge is 0.434 e. The van der Waals surface area contributed by atoms with Gasteiger partial charge in [0.25, 0.3) is 5.69 Å². The molecule has 0 aromatic heterocycles. The zero-order valence-electron chi connectivity index (χ0n) is 35.9. The van der Waals surface area contributed by atoms with Crippen LogP contribution in [-0.4, -0.2) is 43.6 Å². The van der Waals surface area contributed by atoms with Gasteiger partial charge in [0.15, 0.2) is 0 Å². The molecule has 1 aromatic carbocycles. The van der Waals surface area contributed by atoms with Crippen molar-refractivity contribution in [1.82, 2.24) is 0 Å². The minimum absolute atomic E-state index is 0.0651. The molecule has 0 amide bonds. The lowest BCUT2D eigenvalue weighted by molar-refractivity contribution is -0.384. The lowest BCUT2D eigenvalue weighted by atomic mass is 10.0. The number of carbonyl (C=O) groups excluding carboxylic acids is 1. The van der Waals surface area contributed by atoms with Gasteiger partial charge in [0, 0.05) is 31.8 Å². The van der Waals surface area contributed by atoms with Crippen LogP contribution in [0.25, 0.3) is 0 Å². The molecule has 8 heteroatoms. The number of carbonyl (C=O) groups is 1. The van der Waals surface area contributed by atoms with Crippen LogP contribution in [0.15, 0.2) is 24.3 Å². The average Bonchev–Trinajstić information content (AvgIpc) is 3.18. The molecule has 55 heavy (non-hydrogen) atoms. The number of nitrogens with zero attached hydrogens (tertiary/aromatic N) is 1. The Morgan fingerprint density at radius 3 is 1.27 bits per heavy atom. The molecule has 0 N–H and O–H groups in total. The van der Waals surface area contributed by atoms with Gasteiger partial charge in [-0.15, -0.1) is 0 Å². The van der Waals surface area contributed by atoms with Crippen molar-refractivity contribution >= 4 is 11.8 Å². The topological polar surface area (TPSA) is 97.1 Å². The summed E-state index contributed by atoms with van der Waals surface area (Å²) in [7, 11) is 0. The van der Waals surface area contributed by atoms with Gasteiger partial charge in [-0.05, 0) is 25.0 Å². The molecule has 1 aromatic rings. The quantitative estimate of drug-likeness (QED) is 0.0214. The molecule has 0 aliphatic carbocycles. The van der Waals surface area contributed by atoms with Gasteiger partial charge in [-0.2, -0.15) is 0 Å². The lowest BCUT2D eigenvalue weighted by Crippen LogP contribution is -2.24. The van der Waals surface area contributed by atoms with E-state index in [2.05, 4.69) is 13.8 Å². The third-order valence-corrected chi connectivity index (χ3v) is 10.7. The van der Waals surface area contributed by atoms with Gasteiger partial charge in [0.2, 0.25) is 0 Å². The molecular weight excluding hydrogens is 691 g/mol. The maximum atomic E-state index is 12.2. The number of ether oxygens (including phenoxy) is 4. The summed E-state index contributed by atoms with van der Waals surface area (Å²) >= 11 is 0. The van der Waals surface area contributed by atoms with Crippen LogP contribution in [0.4, 0.5) is 10.5 Å². The van der Waals surface area contributed by atoms with E-state index in [0.717, 1.165) is 19.4 Å². The monoisotopic (exact) mass is 776 g/mol. The van der Waals surface area contributed by atoms with Crippen molar-refractivity contribution in [2.24, 2.45) is 0 Å². The van der Waals surface area contributed by atoms with E-state index in [1.54, 1.807) is 0 Å². The van der Waals surface area contributed by atoms with Crippen LogP contribution in [-0.2, 0) is 14.2 Å². The molecule has 0 bridgehead atoms. The Morgan fingerprint density at radius 1 is 0.527 bits per heavy atom. The average molecular weight is 776 g/mol. The minimum Gasteiger partial charge on any atom is -0.434 e.